The molecule has 1 aromatic heterocycles. The first-order valence-electron chi connectivity index (χ1n) is 13.6. The minimum atomic E-state index is -0.901. The third-order valence-corrected chi connectivity index (χ3v) is 8.18. The van der Waals surface area contributed by atoms with Crippen LogP contribution in [0.3, 0.4) is 0 Å². The Kier molecular flexibility index (Phi) is 8.15. The molecule has 1 aliphatic carbocycles. The van der Waals surface area contributed by atoms with Crippen molar-refractivity contribution >= 4 is 41.2 Å². The van der Waals surface area contributed by atoms with E-state index >= 15 is 0 Å². The van der Waals surface area contributed by atoms with Crippen LogP contribution in [0.4, 0.5) is 0 Å². The molecule has 2 aliphatic rings. The highest BCUT2D eigenvalue weighted by Gasteiger charge is 2.30. The summed E-state index contributed by atoms with van der Waals surface area (Å²) in [7, 11) is 5.45. The zero-order chi connectivity index (χ0) is 27.5. The molecule has 2 heterocycles. The van der Waals surface area contributed by atoms with Gasteiger partial charge in [0.1, 0.15) is 5.75 Å². The molecule has 1 saturated carbocycles. The fourth-order valence-electron chi connectivity index (χ4n) is 6.08. The number of aromatic nitrogens is 1. The van der Waals surface area contributed by atoms with E-state index in [9.17, 15) is 9.90 Å². The van der Waals surface area contributed by atoms with Gasteiger partial charge in [-0.3, -0.25) is 0 Å². The molecule has 4 aromatic rings. The van der Waals surface area contributed by atoms with Crippen molar-refractivity contribution in [1.29, 1.82) is 0 Å². The van der Waals surface area contributed by atoms with Crippen LogP contribution in [-0.4, -0.2) is 36.8 Å². The Bertz CT molecular complexity index is 1550. The average Bonchev–Trinajstić information content (AvgIpc) is 3.16. The Morgan fingerprint density at radius 2 is 1.74 bits per heavy atom. The average molecular weight is 541 g/mol. The van der Waals surface area contributed by atoms with E-state index in [4.69, 9.17) is 17.4 Å². The monoisotopic (exact) mass is 540 g/mol. The Labute approximate surface area is 235 Å². The third-order valence-electron chi connectivity index (χ3n) is 7.79. The molecule has 0 spiro atoms. The van der Waals surface area contributed by atoms with Gasteiger partial charge in [0.25, 0.3) is 0 Å². The van der Waals surface area contributed by atoms with Crippen LogP contribution < -0.4 is 10.1 Å². The highest BCUT2D eigenvalue weighted by atomic mass is 32.1. The summed E-state index contributed by atoms with van der Waals surface area (Å²) in [6, 6.07) is 20.1. The maximum absolute atomic E-state index is 11.9. The second kappa shape index (κ2) is 11.7. The van der Waals surface area contributed by atoms with Gasteiger partial charge in [-0.15, -0.1) is 12.6 Å². The first-order valence-corrected chi connectivity index (χ1v) is 14.1. The van der Waals surface area contributed by atoms with Gasteiger partial charge in [0.15, 0.2) is 0 Å². The maximum atomic E-state index is 11.9. The molecule has 5 nitrogen and oxygen atoms in total. The number of carbonyl (C=O) groups is 1. The topological polar surface area (TPSA) is 63.5 Å². The molecule has 202 valence electrons. The molecule has 0 amide bonds. The Morgan fingerprint density at radius 1 is 1.00 bits per heavy atom. The molecule has 0 atom stereocenters. The number of thiol groups is 1. The van der Waals surface area contributed by atoms with E-state index in [1.807, 2.05) is 50.5 Å². The normalized spacial score (nSPS) is 14.9. The molecule has 1 fully saturated rings. The van der Waals surface area contributed by atoms with Crippen molar-refractivity contribution in [3.63, 3.8) is 0 Å². The molecule has 6 rings (SSSR count). The quantitative estimate of drug-likeness (QED) is 0.232. The van der Waals surface area contributed by atoms with Crippen molar-refractivity contribution in [3.8, 4) is 17.0 Å². The molecule has 0 saturated heterocycles. The molecule has 3 aromatic carbocycles. The number of methoxy groups -OCH3 is 1. The molecule has 1 aliphatic heterocycles. The summed E-state index contributed by atoms with van der Waals surface area (Å²) in [5.74, 6) is 0.379. The standard InChI is InChI=1S/C31H29NO3S.C2H7N/c1-35-23-12-14-25-21(16-23)15-22(24-9-5-6-10-28(24)36)18-32-27-17-20(31(33)34)11-13-26(27)29(30(25)32)19-7-3-2-4-8-19;1-3-2/h5-6,9-17,19,36H,2-4,7-8,18H2,1H3,(H,33,34);3H,1-2H3. The number of benzene rings is 3. The first kappa shape index (κ1) is 27.1. The summed E-state index contributed by atoms with van der Waals surface area (Å²) in [5.41, 5.74) is 8.37. The van der Waals surface area contributed by atoms with Gasteiger partial charge in [-0.2, -0.15) is 0 Å². The van der Waals surface area contributed by atoms with Crippen molar-refractivity contribution in [2.24, 2.45) is 0 Å². The molecule has 2 N–H and O–H groups in total. The Hall–Kier alpha value is -3.48. The number of hydrogen-bond acceptors (Lipinski definition) is 4. The molecule has 0 radical (unpaired) electrons. The number of rotatable bonds is 4. The van der Waals surface area contributed by atoms with Crippen LogP contribution in [0.2, 0.25) is 0 Å². The van der Waals surface area contributed by atoms with Crippen molar-refractivity contribution in [1.82, 2.24) is 9.88 Å². The number of ether oxygens (including phenoxy) is 1. The molecule has 0 bridgehead atoms. The summed E-state index contributed by atoms with van der Waals surface area (Å²) < 4.78 is 7.95. The maximum Gasteiger partial charge on any atom is 0.335 e. The van der Waals surface area contributed by atoms with Gasteiger partial charge in [0.05, 0.1) is 18.4 Å². The van der Waals surface area contributed by atoms with Gasteiger partial charge in [-0.1, -0.05) is 43.5 Å². The van der Waals surface area contributed by atoms with Gasteiger partial charge >= 0.3 is 5.97 Å². The summed E-state index contributed by atoms with van der Waals surface area (Å²) in [6.45, 7) is 0.635. The zero-order valence-corrected chi connectivity index (χ0v) is 23.7. The Morgan fingerprint density at radius 3 is 2.44 bits per heavy atom. The lowest BCUT2D eigenvalue weighted by molar-refractivity contribution is 0.0697. The summed E-state index contributed by atoms with van der Waals surface area (Å²) in [6.07, 6.45) is 8.32. The molecular weight excluding hydrogens is 504 g/mol. The number of nitrogens with one attached hydrogen (secondary N) is 1. The fraction of sp³-hybridized carbons (Fsp3) is 0.303. The van der Waals surface area contributed by atoms with Gasteiger partial charge in [0.2, 0.25) is 0 Å². The summed E-state index contributed by atoms with van der Waals surface area (Å²) in [5, 5.41) is 13.7. The smallest absolute Gasteiger partial charge is 0.335 e. The second-order valence-corrected chi connectivity index (χ2v) is 10.8. The largest absolute Gasteiger partial charge is 0.497 e. The highest BCUT2D eigenvalue weighted by molar-refractivity contribution is 7.80. The van der Waals surface area contributed by atoms with Crippen LogP contribution in [0, 0.1) is 0 Å². The fourth-order valence-corrected chi connectivity index (χ4v) is 6.39. The van der Waals surface area contributed by atoms with Crippen molar-refractivity contribution in [2.45, 2.75) is 49.5 Å². The van der Waals surface area contributed by atoms with E-state index in [0.717, 1.165) is 51.3 Å². The number of fused-ring (bicyclic) bond motifs is 5. The van der Waals surface area contributed by atoms with E-state index in [0.29, 0.717) is 18.0 Å². The lowest BCUT2D eigenvalue weighted by Gasteiger charge is -2.24. The molecule has 0 unspecified atom stereocenters. The second-order valence-electron chi connectivity index (χ2n) is 10.4. The SMILES string of the molecule is CNC.COc1ccc2c(c1)C=C(c1ccccc1S)Cn1c-2c(C2CCCCC2)c2ccc(C(=O)O)cc21. The number of carboxylic acids is 1. The van der Waals surface area contributed by atoms with E-state index in [1.165, 1.54) is 35.9 Å². The number of carboxylic acid groups (broad SMARTS) is 1. The van der Waals surface area contributed by atoms with Crippen LogP contribution in [0.25, 0.3) is 33.8 Å². The number of allylic oxidation sites excluding steroid dienone is 1. The number of nitrogens with zero attached hydrogens (tertiary/aromatic N) is 1. The molecule has 6 heteroatoms. The lowest BCUT2D eigenvalue weighted by Crippen LogP contribution is -2.07. The van der Waals surface area contributed by atoms with E-state index in [-0.39, 0.29) is 0 Å². The molecular formula is C33H36N2O3S. The van der Waals surface area contributed by atoms with E-state index in [2.05, 4.69) is 34.2 Å². The lowest BCUT2D eigenvalue weighted by atomic mass is 9.81. The van der Waals surface area contributed by atoms with Gasteiger partial charge in [-0.05, 0) is 97.6 Å². The summed E-state index contributed by atoms with van der Waals surface area (Å²) in [4.78, 5) is 12.9. The highest BCUT2D eigenvalue weighted by Crippen LogP contribution is 2.48. The van der Waals surface area contributed by atoms with Crippen molar-refractivity contribution in [2.75, 3.05) is 21.2 Å². The van der Waals surface area contributed by atoms with Crippen LogP contribution in [0.15, 0.2) is 65.6 Å². The first-order chi connectivity index (χ1) is 19.0. The number of aromatic carboxylic acids is 1. The van der Waals surface area contributed by atoms with Crippen LogP contribution >= 0.6 is 12.6 Å². The third kappa shape index (κ3) is 5.23. The predicted molar refractivity (Wildman–Crippen MR) is 163 cm³/mol. The van der Waals surface area contributed by atoms with Crippen molar-refractivity contribution in [3.05, 3.63) is 82.9 Å². The van der Waals surface area contributed by atoms with Crippen LogP contribution in [0.5, 0.6) is 5.75 Å². The minimum absolute atomic E-state index is 0.317. The van der Waals surface area contributed by atoms with E-state index < -0.39 is 5.97 Å². The van der Waals surface area contributed by atoms with Gasteiger partial charge in [-0.25, -0.2) is 4.79 Å². The predicted octanol–water partition coefficient (Wildman–Crippen LogP) is 7.74. The molecule has 39 heavy (non-hydrogen) atoms. The van der Waals surface area contributed by atoms with Gasteiger partial charge < -0.3 is 19.7 Å². The summed E-state index contributed by atoms with van der Waals surface area (Å²) >= 11 is 4.77. The van der Waals surface area contributed by atoms with Crippen molar-refractivity contribution < 1.29 is 14.6 Å². The minimum Gasteiger partial charge on any atom is -0.497 e. The Balaban J connectivity index is 0.000000983. The van der Waals surface area contributed by atoms with Crippen LogP contribution in [0.1, 0.15) is 65.1 Å². The number of hydrogen-bond donors (Lipinski definition) is 3. The van der Waals surface area contributed by atoms with Crippen LogP contribution in [-0.2, 0) is 6.54 Å². The van der Waals surface area contributed by atoms with E-state index in [1.54, 1.807) is 13.2 Å². The van der Waals surface area contributed by atoms with Gasteiger partial charge in [0, 0.05) is 27.9 Å². The zero-order valence-electron chi connectivity index (χ0n) is 22.8.